The molecule has 16 heavy (non-hydrogen) atoms. The van der Waals surface area contributed by atoms with Crippen LogP contribution in [0.25, 0.3) is 10.9 Å². The number of fused-ring (bicyclic) bond motifs is 1. The van der Waals surface area contributed by atoms with Crippen molar-refractivity contribution in [2.75, 3.05) is 0 Å². The van der Waals surface area contributed by atoms with Gasteiger partial charge in [0.05, 0.1) is 5.52 Å². The molecule has 0 spiro atoms. The van der Waals surface area contributed by atoms with Crippen molar-refractivity contribution in [3.63, 3.8) is 0 Å². The zero-order valence-corrected chi connectivity index (χ0v) is 9.24. The van der Waals surface area contributed by atoms with E-state index in [1.165, 1.54) is 6.07 Å². The fraction of sp³-hybridized carbons (Fsp3) is 0.308. The Morgan fingerprint density at radius 1 is 1.38 bits per heavy atom. The van der Waals surface area contributed by atoms with E-state index < -0.39 is 0 Å². The van der Waals surface area contributed by atoms with Gasteiger partial charge in [-0.25, -0.2) is 4.39 Å². The summed E-state index contributed by atoms with van der Waals surface area (Å²) >= 11 is 0. The number of carbonyl (C=O) groups is 1. The fourth-order valence-corrected chi connectivity index (χ4v) is 1.88. The van der Waals surface area contributed by atoms with Crippen LogP contribution >= 0.6 is 0 Å². The van der Waals surface area contributed by atoms with Gasteiger partial charge in [0.25, 0.3) is 0 Å². The minimum atomic E-state index is -0.192. The zero-order valence-electron chi connectivity index (χ0n) is 9.24. The van der Waals surface area contributed by atoms with Gasteiger partial charge in [0, 0.05) is 24.5 Å². The smallest absolute Gasteiger partial charge is 0.132 e. The van der Waals surface area contributed by atoms with Crippen molar-refractivity contribution in [3.8, 4) is 0 Å². The average molecular weight is 219 g/mol. The highest BCUT2D eigenvalue weighted by Crippen LogP contribution is 2.19. The molecule has 0 amide bonds. The molecular formula is C13H14FNO. The Hall–Kier alpha value is -1.64. The molecule has 1 aromatic heterocycles. The van der Waals surface area contributed by atoms with Crippen LogP contribution in [0.2, 0.25) is 0 Å². The van der Waals surface area contributed by atoms with E-state index in [1.54, 1.807) is 19.1 Å². The minimum Gasteiger partial charge on any atom is -0.347 e. The number of Topliss-reactive ketones (excluding diaryl/α,β-unsaturated/α-hetero) is 1. The number of rotatable bonds is 4. The van der Waals surface area contributed by atoms with Crippen molar-refractivity contribution in [2.24, 2.45) is 0 Å². The second kappa shape index (κ2) is 4.47. The van der Waals surface area contributed by atoms with Crippen molar-refractivity contribution in [1.82, 2.24) is 4.57 Å². The fourth-order valence-electron chi connectivity index (χ4n) is 1.88. The normalized spacial score (nSPS) is 10.9. The number of carbonyl (C=O) groups excluding carboxylic acids is 1. The van der Waals surface area contributed by atoms with Crippen LogP contribution in [0, 0.1) is 5.82 Å². The predicted molar refractivity (Wildman–Crippen MR) is 61.8 cm³/mol. The lowest BCUT2D eigenvalue weighted by Gasteiger charge is -2.04. The van der Waals surface area contributed by atoms with Gasteiger partial charge in [-0.3, -0.25) is 0 Å². The summed E-state index contributed by atoms with van der Waals surface area (Å²) in [5.74, 6) is 0.00506. The number of hydrogen-bond acceptors (Lipinski definition) is 1. The maximum absolute atomic E-state index is 13.4. The van der Waals surface area contributed by atoms with Gasteiger partial charge < -0.3 is 9.36 Å². The van der Waals surface area contributed by atoms with Crippen LogP contribution in [0.15, 0.2) is 30.5 Å². The van der Waals surface area contributed by atoms with E-state index in [2.05, 4.69) is 0 Å². The maximum Gasteiger partial charge on any atom is 0.132 e. The van der Waals surface area contributed by atoms with Gasteiger partial charge in [-0.05, 0) is 31.5 Å². The number of aryl methyl sites for hydroxylation is 1. The Kier molecular flexibility index (Phi) is 3.04. The van der Waals surface area contributed by atoms with E-state index >= 15 is 0 Å². The van der Waals surface area contributed by atoms with Crippen LogP contribution < -0.4 is 0 Å². The molecule has 1 aromatic carbocycles. The van der Waals surface area contributed by atoms with E-state index in [1.807, 2.05) is 16.8 Å². The SMILES string of the molecule is CC(=O)CCCn1ccc2c(F)cccc21. The highest BCUT2D eigenvalue weighted by Gasteiger charge is 2.04. The summed E-state index contributed by atoms with van der Waals surface area (Å²) in [5, 5.41) is 0.644. The average Bonchev–Trinajstić information content (AvgIpc) is 2.63. The monoisotopic (exact) mass is 219 g/mol. The van der Waals surface area contributed by atoms with Gasteiger partial charge in [0.2, 0.25) is 0 Å². The third-order valence-electron chi connectivity index (χ3n) is 2.69. The minimum absolute atomic E-state index is 0.192. The Balaban J connectivity index is 2.19. The lowest BCUT2D eigenvalue weighted by atomic mass is 10.2. The van der Waals surface area contributed by atoms with Gasteiger partial charge in [0.15, 0.2) is 0 Å². The molecule has 1 heterocycles. The van der Waals surface area contributed by atoms with E-state index in [4.69, 9.17) is 0 Å². The van der Waals surface area contributed by atoms with Crippen LogP contribution in [0.1, 0.15) is 19.8 Å². The maximum atomic E-state index is 13.4. The number of ketones is 1. The van der Waals surface area contributed by atoms with Crippen LogP contribution in [0.3, 0.4) is 0 Å². The molecule has 0 bridgehead atoms. The number of hydrogen-bond donors (Lipinski definition) is 0. The molecule has 0 aliphatic heterocycles. The second-order valence-corrected chi connectivity index (χ2v) is 3.99. The summed E-state index contributed by atoms with van der Waals surface area (Å²) in [5.41, 5.74) is 0.892. The summed E-state index contributed by atoms with van der Waals surface area (Å²) in [6.07, 6.45) is 3.25. The summed E-state index contributed by atoms with van der Waals surface area (Å²) < 4.78 is 15.4. The molecule has 2 nitrogen and oxygen atoms in total. The summed E-state index contributed by atoms with van der Waals surface area (Å²) in [6, 6.07) is 6.84. The van der Waals surface area contributed by atoms with Crippen molar-refractivity contribution in [1.29, 1.82) is 0 Å². The number of nitrogens with zero attached hydrogens (tertiary/aromatic N) is 1. The molecule has 0 aliphatic rings. The van der Waals surface area contributed by atoms with Gasteiger partial charge in [-0.2, -0.15) is 0 Å². The zero-order chi connectivity index (χ0) is 11.5. The van der Waals surface area contributed by atoms with E-state index in [9.17, 15) is 9.18 Å². The molecule has 2 aromatic rings. The molecule has 0 aliphatic carbocycles. The summed E-state index contributed by atoms with van der Waals surface area (Å²) in [4.78, 5) is 10.8. The Morgan fingerprint density at radius 2 is 2.19 bits per heavy atom. The Labute approximate surface area is 93.7 Å². The first-order valence-corrected chi connectivity index (χ1v) is 5.41. The van der Waals surface area contributed by atoms with E-state index in [-0.39, 0.29) is 11.6 Å². The molecule has 0 fully saturated rings. The molecular weight excluding hydrogens is 205 g/mol. The van der Waals surface area contributed by atoms with Crippen molar-refractivity contribution >= 4 is 16.7 Å². The van der Waals surface area contributed by atoms with Crippen molar-refractivity contribution in [3.05, 3.63) is 36.3 Å². The highest BCUT2D eigenvalue weighted by molar-refractivity contribution is 5.80. The van der Waals surface area contributed by atoms with Gasteiger partial charge in [-0.15, -0.1) is 0 Å². The Bertz CT molecular complexity index is 516. The second-order valence-electron chi connectivity index (χ2n) is 3.99. The molecule has 0 saturated heterocycles. The summed E-state index contributed by atoms with van der Waals surface area (Å²) in [6.45, 7) is 2.35. The largest absolute Gasteiger partial charge is 0.347 e. The van der Waals surface area contributed by atoms with E-state index in [0.29, 0.717) is 11.8 Å². The molecule has 0 N–H and O–H groups in total. The lowest BCUT2D eigenvalue weighted by Crippen LogP contribution is -1.99. The van der Waals surface area contributed by atoms with Gasteiger partial charge in [-0.1, -0.05) is 6.07 Å². The van der Waals surface area contributed by atoms with Crippen molar-refractivity contribution in [2.45, 2.75) is 26.3 Å². The van der Waals surface area contributed by atoms with Crippen LogP contribution in [0.4, 0.5) is 4.39 Å². The molecule has 0 radical (unpaired) electrons. The van der Waals surface area contributed by atoms with Crippen LogP contribution in [-0.4, -0.2) is 10.4 Å². The lowest BCUT2D eigenvalue weighted by molar-refractivity contribution is -0.117. The first-order chi connectivity index (χ1) is 7.68. The quantitative estimate of drug-likeness (QED) is 0.774. The van der Waals surface area contributed by atoms with Gasteiger partial charge >= 0.3 is 0 Å². The predicted octanol–water partition coefficient (Wildman–Crippen LogP) is 3.15. The molecule has 0 unspecified atom stereocenters. The number of halogens is 1. The van der Waals surface area contributed by atoms with Crippen LogP contribution in [0.5, 0.6) is 0 Å². The number of aromatic nitrogens is 1. The van der Waals surface area contributed by atoms with E-state index in [0.717, 1.165) is 18.5 Å². The molecule has 0 atom stereocenters. The molecule has 0 saturated carbocycles. The standard InChI is InChI=1S/C13H14FNO/c1-10(16)4-3-8-15-9-7-11-12(14)5-2-6-13(11)15/h2,5-7,9H,3-4,8H2,1H3. The van der Waals surface area contributed by atoms with Crippen LogP contribution in [-0.2, 0) is 11.3 Å². The number of benzene rings is 1. The van der Waals surface area contributed by atoms with Crippen molar-refractivity contribution < 1.29 is 9.18 Å². The first kappa shape index (κ1) is 10.9. The topological polar surface area (TPSA) is 22.0 Å². The third kappa shape index (κ3) is 2.13. The summed E-state index contributed by atoms with van der Waals surface area (Å²) in [7, 11) is 0. The van der Waals surface area contributed by atoms with Gasteiger partial charge in [0.1, 0.15) is 11.6 Å². The molecule has 3 heteroatoms. The highest BCUT2D eigenvalue weighted by atomic mass is 19.1. The molecule has 2 rings (SSSR count). The first-order valence-electron chi connectivity index (χ1n) is 5.41. The molecule has 84 valence electrons. The third-order valence-corrected chi connectivity index (χ3v) is 2.69. The Morgan fingerprint density at radius 3 is 2.94 bits per heavy atom.